The van der Waals surface area contributed by atoms with E-state index in [4.69, 9.17) is 4.74 Å². The molecule has 1 aromatic rings. The van der Waals surface area contributed by atoms with Gasteiger partial charge < -0.3 is 20.7 Å². The van der Waals surface area contributed by atoms with Gasteiger partial charge in [-0.2, -0.15) is 0 Å². The van der Waals surface area contributed by atoms with E-state index in [0.29, 0.717) is 17.1 Å². The Morgan fingerprint density at radius 1 is 1.48 bits per heavy atom. The van der Waals surface area contributed by atoms with Crippen molar-refractivity contribution in [2.45, 2.75) is 31.7 Å². The monoisotopic (exact) mass is 289 g/mol. The van der Waals surface area contributed by atoms with Gasteiger partial charge in [0.1, 0.15) is 5.75 Å². The normalized spacial score (nSPS) is 24.0. The minimum absolute atomic E-state index is 0.0227. The molecule has 1 unspecified atom stereocenters. The van der Waals surface area contributed by atoms with E-state index in [0.717, 1.165) is 25.8 Å². The maximum absolute atomic E-state index is 12.5. The van der Waals surface area contributed by atoms with Crippen LogP contribution in [0.5, 0.6) is 5.75 Å². The molecule has 3 rings (SSSR count). The maximum atomic E-state index is 12.5. The van der Waals surface area contributed by atoms with Gasteiger partial charge in [0.25, 0.3) is 5.91 Å². The Bertz CT molecular complexity index is 580. The molecule has 0 saturated carbocycles. The zero-order valence-electron chi connectivity index (χ0n) is 12.0. The van der Waals surface area contributed by atoms with E-state index in [2.05, 4.69) is 16.0 Å². The zero-order valence-corrected chi connectivity index (χ0v) is 12.0. The number of carbonyl (C=O) groups is 2. The lowest BCUT2D eigenvalue weighted by atomic mass is 9.93. The van der Waals surface area contributed by atoms with Crippen molar-refractivity contribution in [2.75, 3.05) is 23.8 Å². The van der Waals surface area contributed by atoms with E-state index < -0.39 is 5.54 Å². The standard InChI is InChI=1S/C15H19N3O3/c1-2-15(6-3-7-16-15)14(20)17-10-4-5-12-11(8-10)18-13(19)9-21-12/h4-5,8,16H,2-3,6-7,9H2,1H3,(H,17,20)(H,18,19). The molecule has 2 aliphatic heterocycles. The first kappa shape index (κ1) is 13.9. The van der Waals surface area contributed by atoms with Crippen molar-refractivity contribution in [1.82, 2.24) is 5.32 Å². The second-order valence-electron chi connectivity index (χ2n) is 5.47. The van der Waals surface area contributed by atoms with Crippen LogP contribution in [0.4, 0.5) is 11.4 Å². The summed E-state index contributed by atoms with van der Waals surface area (Å²) in [7, 11) is 0. The van der Waals surface area contributed by atoms with E-state index in [9.17, 15) is 9.59 Å². The van der Waals surface area contributed by atoms with Gasteiger partial charge in [-0.25, -0.2) is 0 Å². The summed E-state index contributed by atoms with van der Waals surface area (Å²) in [5, 5.41) is 8.97. The highest BCUT2D eigenvalue weighted by molar-refractivity contribution is 6.00. The lowest BCUT2D eigenvalue weighted by molar-refractivity contribution is -0.122. The molecule has 0 bridgehead atoms. The van der Waals surface area contributed by atoms with Gasteiger partial charge >= 0.3 is 0 Å². The van der Waals surface area contributed by atoms with Crippen LogP contribution in [0.15, 0.2) is 18.2 Å². The molecule has 112 valence electrons. The zero-order chi connectivity index (χ0) is 14.9. The van der Waals surface area contributed by atoms with E-state index in [1.54, 1.807) is 18.2 Å². The number of nitrogens with one attached hydrogen (secondary N) is 3. The van der Waals surface area contributed by atoms with Crippen LogP contribution in [0, 0.1) is 0 Å². The van der Waals surface area contributed by atoms with Gasteiger partial charge in [-0.15, -0.1) is 0 Å². The molecular formula is C15H19N3O3. The van der Waals surface area contributed by atoms with Crippen molar-refractivity contribution in [2.24, 2.45) is 0 Å². The molecule has 2 aliphatic rings. The predicted octanol–water partition coefficient (Wildman–Crippen LogP) is 1.49. The Labute approximate surface area is 123 Å². The summed E-state index contributed by atoms with van der Waals surface area (Å²) in [5.74, 6) is 0.413. The smallest absolute Gasteiger partial charge is 0.262 e. The number of anilines is 2. The van der Waals surface area contributed by atoms with Crippen molar-refractivity contribution in [1.29, 1.82) is 0 Å². The van der Waals surface area contributed by atoms with Gasteiger partial charge in [0.2, 0.25) is 5.91 Å². The van der Waals surface area contributed by atoms with E-state index in [1.807, 2.05) is 6.92 Å². The van der Waals surface area contributed by atoms with Crippen molar-refractivity contribution in [3.63, 3.8) is 0 Å². The topological polar surface area (TPSA) is 79.5 Å². The molecule has 0 spiro atoms. The fourth-order valence-corrected chi connectivity index (χ4v) is 2.87. The Balaban J connectivity index is 1.77. The highest BCUT2D eigenvalue weighted by atomic mass is 16.5. The highest BCUT2D eigenvalue weighted by Gasteiger charge is 2.39. The molecular weight excluding hydrogens is 270 g/mol. The summed E-state index contributed by atoms with van der Waals surface area (Å²) in [5.41, 5.74) is 0.774. The summed E-state index contributed by atoms with van der Waals surface area (Å²) in [6, 6.07) is 5.26. The van der Waals surface area contributed by atoms with Crippen LogP contribution in [0.1, 0.15) is 26.2 Å². The van der Waals surface area contributed by atoms with Gasteiger partial charge in [0, 0.05) is 5.69 Å². The molecule has 1 saturated heterocycles. The number of hydrogen-bond acceptors (Lipinski definition) is 4. The number of fused-ring (bicyclic) bond motifs is 1. The van der Waals surface area contributed by atoms with Crippen LogP contribution in [-0.4, -0.2) is 30.5 Å². The lowest BCUT2D eigenvalue weighted by Crippen LogP contribution is -2.50. The van der Waals surface area contributed by atoms with Crippen LogP contribution in [0.25, 0.3) is 0 Å². The largest absolute Gasteiger partial charge is 0.482 e. The van der Waals surface area contributed by atoms with E-state index in [-0.39, 0.29) is 18.4 Å². The SMILES string of the molecule is CCC1(C(=O)Nc2ccc3c(c2)NC(=O)CO3)CCCN1. The molecule has 3 N–H and O–H groups in total. The van der Waals surface area contributed by atoms with E-state index in [1.165, 1.54) is 0 Å². The van der Waals surface area contributed by atoms with Crippen molar-refractivity contribution >= 4 is 23.2 Å². The number of ether oxygens (including phenoxy) is 1. The summed E-state index contributed by atoms with van der Waals surface area (Å²) in [4.78, 5) is 23.8. The molecule has 21 heavy (non-hydrogen) atoms. The molecule has 6 nitrogen and oxygen atoms in total. The van der Waals surface area contributed by atoms with Gasteiger partial charge in [-0.05, 0) is 44.0 Å². The van der Waals surface area contributed by atoms with Gasteiger partial charge in [-0.3, -0.25) is 9.59 Å². The maximum Gasteiger partial charge on any atom is 0.262 e. The number of amides is 2. The molecule has 0 aliphatic carbocycles. The summed E-state index contributed by atoms with van der Waals surface area (Å²) < 4.78 is 5.30. The fraction of sp³-hybridized carbons (Fsp3) is 0.467. The number of rotatable bonds is 3. The Kier molecular flexibility index (Phi) is 3.55. The summed E-state index contributed by atoms with van der Waals surface area (Å²) >= 11 is 0. The molecule has 6 heteroatoms. The third-order valence-electron chi connectivity index (χ3n) is 4.15. The molecule has 1 aromatic carbocycles. The van der Waals surface area contributed by atoms with Gasteiger partial charge in [0.05, 0.1) is 11.2 Å². The summed E-state index contributed by atoms with van der Waals surface area (Å²) in [6.45, 7) is 2.91. The second kappa shape index (κ2) is 5.37. The Morgan fingerprint density at radius 3 is 3.05 bits per heavy atom. The number of hydrogen-bond donors (Lipinski definition) is 3. The van der Waals surface area contributed by atoms with Crippen LogP contribution >= 0.6 is 0 Å². The first-order valence-corrected chi connectivity index (χ1v) is 7.26. The molecule has 2 heterocycles. The van der Waals surface area contributed by atoms with Crippen molar-refractivity contribution in [3.05, 3.63) is 18.2 Å². The van der Waals surface area contributed by atoms with Crippen LogP contribution in [-0.2, 0) is 9.59 Å². The Hall–Kier alpha value is -2.08. The summed E-state index contributed by atoms with van der Waals surface area (Å²) in [6.07, 6.45) is 2.61. The first-order valence-electron chi connectivity index (χ1n) is 7.26. The third kappa shape index (κ3) is 2.58. The first-order chi connectivity index (χ1) is 10.1. The molecule has 0 aromatic heterocycles. The van der Waals surface area contributed by atoms with Crippen molar-refractivity contribution < 1.29 is 14.3 Å². The average Bonchev–Trinajstić information content (AvgIpc) is 2.97. The van der Waals surface area contributed by atoms with Crippen molar-refractivity contribution in [3.8, 4) is 5.75 Å². The average molecular weight is 289 g/mol. The molecule has 2 amide bonds. The lowest BCUT2D eigenvalue weighted by Gasteiger charge is -2.27. The van der Waals surface area contributed by atoms with Gasteiger partial charge in [0.15, 0.2) is 6.61 Å². The molecule has 1 fully saturated rings. The van der Waals surface area contributed by atoms with E-state index >= 15 is 0 Å². The van der Waals surface area contributed by atoms with Gasteiger partial charge in [-0.1, -0.05) is 6.92 Å². The highest BCUT2D eigenvalue weighted by Crippen LogP contribution is 2.31. The number of benzene rings is 1. The molecule has 1 atom stereocenters. The predicted molar refractivity (Wildman–Crippen MR) is 79.5 cm³/mol. The minimum atomic E-state index is -0.477. The van der Waals surface area contributed by atoms with Crippen LogP contribution in [0.2, 0.25) is 0 Å². The molecule has 0 radical (unpaired) electrons. The van der Waals surface area contributed by atoms with Crippen LogP contribution in [0.3, 0.4) is 0 Å². The second-order valence-corrected chi connectivity index (χ2v) is 5.47. The number of carbonyl (C=O) groups excluding carboxylic acids is 2. The third-order valence-corrected chi connectivity index (χ3v) is 4.15. The quantitative estimate of drug-likeness (QED) is 0.787. The minimum Gasteiger partial charge on any atom is -0.482 e. The fourth-order valence-electron chi connectivity index (χ4n) is 2.87. The van der Waals surface area contributed by atoms with Crippen LogP contribution < -0.4 is 20.7 Å². The Morgan fingerprint density at radius 2 is 2.33 bits per heavy atom.